The monoisotopic (exact) mass is 189 g/mol. The van der Waals surface area contributed by atoms with E-state index in [1.807, 2.05) is 24.3 Å². The molecular weight excluding hydrogens is 178 g/mol. The van der Waals surface area contributed by atoms with Crippen LogP contribution < -0.4 is 5.32 Å². The highest BCUT2D eigenvalue weighted by Crippen LogP contribution is 2.10. The Hall–Kier alpha value is -1.68. The van der Waals surface area contributed by atoms with Crippen LogP contribution in [0.15, 0.2) is 30.6 Å². The highest BCUT2D eigenvalue weighted by Gasteiger charge is 2.07. The third-order valence-electron chi connectivity index (χ3n) is 2.05. The van der Waals surface area contributed by atoms with E-state index in [1.165, 1.54) is 0 Å². The van der Waals surface area contributed by atoms with Crippen molar-refractivity contribution >= 4 is 16.9 Å². The molecular formula is C10H11N3O. The fraction of sp³-hybridized carbons (Fsp3) is 0.200. The van der Waals surface area contributed by atoms with Gasteiger partial charge in [-0.1, -0.05) is 12.1 Å². The van der Waals surface area contributed by atoms with Crippen molar-refractivity contribution in [3.8, 4) is 0 Å². The van der Waals surface area contributed by atoms with Crippen LogP contribution in [-0.2, 0) is 0 Å². The number of carbonyl (C=O) groups is 1. The lowest BCUT2D eigenvalue weighted by Crippen LogP contribution is -2.23. The Morgan fingerprint density at radius 1 is 1.50 bits per heavy atom. The standard InChI is InChI=1S/C10H11N3O/c1-11-6-10(14)13-7-12-8-4-2-3-5-9(8)13/h2-5,7,11H,6H2,1H3. The molecule has 0 aliphatic rings. The van der Waals surface area contributed by atoms with Crippen LogP contribution in [0.4, 0.5) is 0 Å². The van der Waals surface area contributed by atoms with Gasteiger partial charge in [-0.2, -0.15) is 0 Å². The largest absolute Gasteiger partial charge is 0.311 e. The second-order valence-electron chi connectivity index (χ2n) is 3.03. The van der Waals surface area contributed by atoms with Gasteiger partial charge < -0.3 is 5.32 Å². The minimum absolute atomic E-state index is 0.00111. The van der Waals surface area contributed by atoms with E-state index in [-0.39, 0.29) is 5.91 Å². The molecule has 1 heterocycles. The number of para-hydroxylation sites is 2. The maximum Gasteiger partial charge on any atom is 0.246 e. The number of likely N-dealkylation sites (N-methyl/N-ethyl adjacent to an activating group) is 1. The summed E-state index contributed by atoms with van der Waals surface area (Å²) in [5.74, 6) is 0.00111. The number of nitrogens with zero attached hydrogens (tertiary/aromatic N) is 2. The number of aromatic nitrogens is 2. The van der Waals surface area contributed by atoms with Crippen molar-refractivity contribution < 1.29 is 4.79 Å². The molecule has 2 aromatic rings. The van der Waals surface area contributed by atoms with Gasteiger partial charge in [-0.3, -0.25) is 9.36 Å². The summed E-state index contributed by atoms with van der Waals surface area (Å²) in [6.07, 6.45) is 1.56. The van der Waals surface area contributed by atoms with Gasteiger partial charge in [-0.15, -0.1) is 0 Å². The smallest absolute Gasteiger partial charge is 0.246 e. The molecule has 72 valence electrons. The van der Waals surface area contributed by atoms with E-state index < -0.39 is 0 Å². The predicted octanol–water partition coefficient (Wildman–Crippen LogP) is 0.896. The number of benzene rings is 1. The molecule has 0 amide bonds. The van der Waals surface area contributed by atoms with Crippen LogP contribution in [0.25, 0.3) is 11.0 Å². The Labute approximate surface area is 81.6 Å². The van der Waals surface area contributed by atoms with E-state index in [0.29, 0.717) is 6.54 Å². The highest BCUT2D eigenvalue weighted by molar-refractivity contribution is 5.91. The molecule has 14 heavy (non-hydrogen) atoms. The van der Waals surface area contributed by atoms with Crippen LogP contribution in [0.3, 0.4) is 0 Å². The van der Waals surface area contributed by atoms with Crippen molar-refractivity contribution in [3.05, 3.63) is 30.6 Å². The molecule has 4 nitrogen and oxygen atoms in total. The first-order chi connectivity index (χ1) is 6.83. The first kappa shape index (κ1) is 8.90. The lowest BCUT2D eigenvalue weighted by molar-refractivity contribution is 0.0919. The molecule has 4 heteroatoms. The molecule has 0 radical (unpaired) electrons. The zero-order chi connectivity index (χ0) is 9.97. The number of imidazole rings is 1. The van der Waals surface area contributed by atoms with Gasteiger partial charge in [0, 0.05) is 0 Å². The fourth-order valence-corrected chi connectivity index (χ4v) is 1.39. The van der Waals surface area contributed by atoms with Crippen LogP contribution in [0, 0.1) is 0 Å². The molecule has 0 aliphatic heterocycles. The summed E-state index contributed by atoms with van der Waals surface area (Å²) in [4.78, 5) is 15.7. The number of rotatable bonds is 2. The molecule has 0 aliphatic carbocycles. The average Bonchev–Trinajstić information content (AvgIpc) is 2.61. The van der Waals surface area contributed by atoms with Gasteiger partial charge in [-0.25, -0.2) is 4.98 Å². The molecule has 1 aromatic heterocycles. The van der Waals surface area contributed by atoms with Gasteiger partial charge in [0.25, 0.3) is 0 Å². The molecule has 1 N–H and O–H groups in total. The third-order valence-corrected chi connectivity index (χ3v) is 2.05. The van der Waals surface area contributed by atoms with Crippen molar-refractivity contribution in [2.24, 2.45) is 0 Å². The first-order valence-electron chi connectivity index (χ1n) is 4.43. The van der Waals surface area contributed by atoms with E-state index in [9.17, 15) is 4.79 Å². The summed E-state index contributed by atoms with van der Waals surface area (Å²) in [7, 11) is 1.75. The topological polar surface area (TPSA) is 46.9 Å². The quantitative estimate of drug-likeness (QED) is 0.763. The van der Waals surface area contributed by atoms with Crippen molar-refractivity contribution in [1.29, 1.82) is 0 Å². The second-order valence-corrected chi connectivity index (χ2v) is 3.03. The van der Waals surface area contributed by atoms with Gasteiger partial charge in [0.15, 0.2) is 0 Å². The van der Waals surface area contributed by atoms with Gasteiger partial charge in [0.2, 0.25) is 5.91 Å². The van der Waals surface area contributed by atoms with E-state index in [2.05, 4.69) is 10.3 Å². The maximum absolute atomic E-state index is 11.6. The zero-order valence-electron chi connectivity index (χ0n) is 7.90. The summed E-state index contributed by atoms with van der Waals surface area (Å²) >= 11 is 0. The summed E-state index contributed by atoms with van der Waals surface area (Å²) in [6, 6.07) is 7.57. The zero-order valence-corrected chi connectivity index (χ0v) is 7.90. The Bertz CT molecular complexity index is 461. The summed E-state index contributed by atoms with van der Waals surface area (Å²) in [6.45, 7) is 0.320. The lowest BCUT2D eigenvalue weighted by Gasteiger charge is -2.00. The maximum atomic E-state index is 11.6. The van der Waals surface area contributed by atoms with Gasteiger partial charge >= 0.3 is 0 Å². The van der Waals surface area contributed by atoms with Crippen LogP contribution >= 0.6 is 0 Å². The Balaban J connectivity index is 2.47. The Kier molecular flexibility index (Phi) is 2.28. The number of fused-ring (bicyclic) bond motifs is 1. The molecule has 0 fully saturated rings. The Morgan fingerprint density at radius 3 is 3.07 bits per heavy atom. The van der Waals surface area contributed by atoms with E-state index in [0.717, 1.165) is 11.0 Å². The lowest BCUT2D eigenvalue weighted by atomic mass is 10.3. The minimum Gasteiger partial charge on any atom is -0.311 e. The Morgan fingerprint density at radius 2 is 2.29 bits per heavy atom. The third kappa shape index (κ3) is 1.40. The van der Waals surface area contributed by atoms with Gasteiger partial charge in [0.05, 0.1) is 17.6 Å². The number of hydrogen-bond acceptors (Lipinski definition) is 3. The molecule has 0 spiro atoms. The summed E-state index contributed by atoms with van der Waals surface area (Å²) in [5, 5.41) is 2.82. The fourth-order valence-electron chi connectivity index (χ4n) is 1.39. The van der Waals surface area contributed by atoms with Crippen LogP contribution in [0.2, 0.25) is 0 Å². The van der Waals surface area contributed by atoms with E-state index in [4.69, 9.17) is 0 Å². The number of carbonyl (C=O) groups excluding carboxylic acids is 1. The van der Waals surface area contributed by atoms with Crippen LogP contribution in [0.5, 0.6) is 0 Å². The predicted molar refractivity (Wildman–Crippen MR) is 54.3 cm³/mol. The van der Waals surface area contributed by atoms with Crippen molar-refractivity contribution in [3.63, 3.8) is 0 Å². The summed E-state index contributed by atoms with van der Waals surface area (Å²) < 4.78 is 1.56. The normalized spacial score (nSPS) is 10.6. The van der Waals surface area contributed by atoms with Crippen molar-refractivity contribution in [2.75, 3.05) is 13.6 Å². The molecule has 0 atom stereocenters. The second kappa shape index (κ2) is 3.59. The molecule has 1 aromatic carbocycles. The number of hydrogen-bond donors (Lipinski definition) is 1. The molecule has 0 unspecified atom stereocenters. The van der Waals surface area contributed by atoms with Crippen LogP contribution in [0.1, 0.15) is 4.79 Å². The highest BCUT2D eigenvalue weighted by atomic mass is 16.2. The van der Waals surface area contributed by atoms with Gasteiger partial charge in [-0.05, 0) is 19.2 Å². The van der Waals surface area contributed by atoms with Crippen molar-refractivity contribution in [2.45, 2.75) is 0 Å². The average molecular weight is 189 g/mol. The SMILES string of the molecule is CNCC(=O)n1cnc2ccccc21. The van der Waals surface area contributed by atoms with Crippen molar-refractivity contribution in [1.82, 2.24) is 14.9 Å². The van der Waals surface area contributed by atoms with Gasteiger partial charge in [0.1, 0.15) is 6.33 Å². The first-order valence-corrected chi connectivity index (χ1v) is 4.43. The minimum atomic E-state index is 0.00111. The van der Waals surface area contributed by atoms with E-state index >= 15 is 0 Å². The number of nitrogens with one attached hydrogen (secondary N) is 1. The molecule has 0 saturated heterocycles. The molecule has 2 rings (SSSR count). The molecule has 0 bridgehead atoms. The molecule has 0 saturated carbocycles. The van der Waals surface area contributed by atoms with E-state index in [1.54, 1.807) is 17.9 Å². The summed E-state index contributed by atoms with van der Waals surface area (Å²) in [5.41, 5.74) is 1.70. The van der Waals surface area contributed by atoms with Crippen LogP contribution in [-0.4, -0.2) is 29.1 Å².